The fourth-order valence-corrected chi connectivity index (χ4v) is 1.86. The number of hydrogen-bond acceptors (Lipinski definition) is 6. The average molecular weight is 269 g/mol. The Bertz CT molecular complexity index is 796. The van der Waals surface area contributed by atoms with Crippen LogP contribution < -0.4 is 10.5 Å². The molecular weight excluding hydrogens is 258 g/mol. The molecule has 0 radical (unpaired) electrons. The summed E-state index contributed by atoms with van der Waals surface area (Å²) in [6.45, 7) is 0. The fraction of sp³-hybridized carbons (Fsp3) is 0.0769. The quantitative estimate of drug-likeness (QED) is 0.748. The molecule has 0 spiro atoms. The second kappa shape index (κ2) is 4.61. The van der Waals surface area contributed by atoms with E-state index in [-0.39, 0.29) is 11.9 Å². The lowest BCUT2D eigenvalue weighted by Crippen LogP contribution is -2.13. The number of nitrogens with two attached hydrogens (primary N) is 1. The van der Waals surface area contributed by atoms with Gasteiger partial charge in [0, 0.05) is 11.6 Å². The molecule has 2 N–H and O–H groups in total. The highest BCUT2D eigenvalue weighted by Crippen LogP contribution is 2.20. The summed E-state index contributed by atoms with van der Waals surface area (Å²) < 4.78 is 6.24. The van der Waals surface area contributed by atoms with Gasteiger partial charge in [0.25, 0.3) is 5.91 Å². The van der Waals surface area contributed by atoms with Crippen LogP contribution in [0.25, 0.3) is 10.9 Å². The van der Waals surface area contributed by atoms with Crippen molar-refractivity contribution in [3.05, 3.63) is 42.4 Å². The number of ether oxygens (including phenoxy) is 1. The molecule has 2 heterocycles. The van der Waals surface area contributed by atoms with Crippen molar-refractivity contribution in [1.82, 2.24) is 19.7 Å². The first-order valence-corrected chi connectivity index (χ1v) is 5.83. The highest BCUT2D eigenvalue weighted by molar-refractivity contribution is 5.98. The van der Waals surface area contributed by atoms with Crippen LogP contribution in [-0.4, -0.2) is 32.8 Å². The van der Waals surface area contributed by atoms with Gasteiger partial charge in [-0.25, -0.2) is 4.98 Å². The lowest BCUT2D eigenvalue weighted by atomic mass is 10.1. The van der Waals surface area contributed by atoms with Gasteiger partial charge >= 0.3 is 0 Å². The molecule has 3 aromatic rings. The van der Waals surface area contributed by atoms with Gasteiger partial charge in [-0.05, 0) is 24.3 Å². The zero-order valence-electron chi connectivity index (χ0n) is 10.6. The molecule has 0 saturated heterocycles. The van der Waals surface area contributed by atoms with E-state index in [1.54, 1.807) is 13.2 Å². The van der Waals surface area contributed by atoms with E-state index in [9.17, 15) is 4.79 Å². The predicted octanol–water partition coefficient (Wildman–Crippen LogP) is 1.11. The van der Waals surface area contributed by atoms with Crippen LogP contribution >= 0.6 is 0 Å². The van der Waals surface area contributed by atoms with E-state index in [4.69, 9.17) is 10.5 Å². The number of pyridine rings is 1. The number of nitrogen functional groups attached to an aromatic ring is 1. The molecule has 20 heavy (non-hydrogen) atoms. The van der Waals surface area contributed by atoms with Gasteiger partial charge < -0.3 is 10.5 Å². The maximum Gasteiger partial charge on any atom is 0.281 e. The highest BCUT2D eigenvalue weighted by atomic mass is 16.5. The first-order valence-electron chi connectivity index (χ1n) is 5.83. The minimum atomic E-state index is -0.341. The Kier molecular flexibility index (Phi) is 2.79. The van der Waals surface area contributed by atoms with Crippen LogP contribution in [0.2, 0.25) is 0 Å². The number of carbonyl (C=O) groups is 1. The summed E-state index contributed by atoms with van der Waals surface area (Å²) in [5.74, 6) is 0.411. The van der Waals surface area contributed by atoms with Gasteiger partial charge in [-0.1, -0.05) is 0 Å². The molecule has 7 nitrogen and oxygen atoms in total. The first kappa shape index (κ1) is 12.1. The maximum absolute atomic E-state index is 12.2. The van der Waals surface area contributed by atoms with Crippen LogP contribution in [0.4, 0.5) is 5.95 Å². The summed E-state index contributed by atoms with van der Waals surface area (Å²) in [5, 5.41) is 4.59. The molecule has 0 aliphatic rings. The fourth-order valence-electron chi connectivity index (χ4n) is 1.86. The number of carbonyl (C=O) groups excluding carboxylic acids is 1. The lowest BCUT2D eigenvalue weighted by Gasteiger charge is -2.04. The third kappa shape index (κ3) is 2.05. The van der Waals surface area contributed by atoms with Gasteiger partial charge in [-0.15, -0.1) is 5.10 Å². The third-order valence-electron chi connectivity index (χ3n) is 2.85. The van der Waals surface area contributed by atoms with Gasteiger partial charge in [-0.2, -0.15) is 4.68 Å². The minimum absolute atomic E-state index is 0.0498. The summed E-state index contributed by atoms with van der Waals surface area (Å²) in [6, 6.07) is 7.19. The van der Waals surface area contributed by atoms with E-state index in [1.807, 2.05) is 18.2 Å². The summed E-state index contributed by atoms with van der Waals surface area (Å²) in [6.07, 6.45) is 2.77. The molecule has 0 atom stereocenters. The van der Waals surface area contributed by atoms with Crippen LogP contribution in [0.5, 0.6) is 5.75 Å². The predicted molar refractivity (Wildman–Crippen MR) is 72.5 cm³/mol. The zero-order chi connectivity index (χ0) is 14.1. The number of aromatic nitrogens is 4. The molecule has 1 aromatic carbocycles. The topological polar surface area (TPSA) is 95.9 Å². The molecule has 0 bridgehead atoms. The summed E-state index contributed by atoms with van der Waals surface area (Å²) in [7, 11) is 1.59. The van der Waals surface area contributed by atoms with Crippen LogP contribution in [0.3, 0.4) is 0 Å². The Labute approximate surface area is 114 Å². The Morgan fingerprint density at radius 1 is 1.30 bits per heavy atom. The van der Waals surface area contributed by atoms with Gasteiger partial charge in [0.05, 0.1) is 18.2 Å². The molecule has 0 saturated carbocycles. The number of anilines is 1. The van der Waals surface area contributed by atoms with Crippen molar-refractivity contribution in [1.29, 1.82) is 0 Å². The summed E-state index contributed by atoms with van der Waals surface area (Å²) in [4.78, 5) is 20.2. The number of fused-ring (bicyclic) bond motifs is 1. The van der Waals surface area contributed by atoms with E-state index in [0.717, 1.165) is 15.6 Å². The van der Waals surface area contributed by atoms with Crippen molar-refractivity contribution in [2.75, 3.05) is 12.8 Å². The van der Waals surface area contributed by atoms with Gasteiger partial charge in [-0.3, -0.25) is 9.78 Å². The van der Waals surface area contributed by atoms with E-state index in [2.05, 4.69) is 15.1 Å². The highest BCUT2D eigenvalue weighted by Gasteiger charge is 2.12. The molecule has 0 amide bonds. The van der Waals surface area contributed by atoms with Crippen LogP contribution in [0.1, 0.15) is 10.4 Å². The van der Waals surface area contributed by atoms with Gasteiger partial charge in [0.15, 0.2) is 0 Å². The van der Waals surface area contributed by atoms with Gasteiger partial charge in [0.1, 0.15) is 12.1 Å². The third-order valence-corrected chi connectivity index (χ3v) is 2.85. The van der Waals surface area contributed by atoms with Crippen molar-refractivity contribution < 1.29 is 9.53 Å². The Balaban J connectivity index is 2.05. The minimum Gasteiger partial charge on any atom is -0.497 e. The van der Waals surface area contributed by atoms with E-state index >= 15 is 0 Å². The normalized spacial score (nSPS) is 10.7. The summed E-state index contributed by atoms with van der Waals surface area (Å²) >= 11 is 0. The van der Waals surface area contributed by atoms with Crippen molar-refractivity contribution in [3.63, 3.8) is 0 Å². The first-order chi connectivity index (χ1) is 9.67. The Hall–Kier alpha value is -2.96. The standard InChI is InChI=1S/C13H11N5O2/c1-20-10-2-3-11-8(5-10)4-9(6-15-11)12(19)18-7-16-13(14)17-18/h2-7H,1H3,(H2,14,17). The molecule has 2 aromatic heterocycles. The Morgan fingerprint density at radius 3 is 2.85 bits per heavy atom. The second-order valence-corrected chi connectivity index (χ2v) is 4.14. The monoisotopic (exact) mass is 269 g/mol. The largest absolute Gasteiger partial charge is 0.497 e. The zero-order valence-corrected chi connectivity index (χ0v) is 10.6. The summed E-state index contributed by atoms with van der Waals surface area (Å²) in [5.41, 5.74) is 6.57. The van der Waals surface area contributed by atoms with E-state index in [0.29, 0.717) is 11.3 Å². The molecular formula is C13H11N5O2. The lowest BCUT2D eigenvalue weighted by molar-refractivity contribution is 0.0945. The second-order valence-electron chi connectivity index (χ2n) is 4.14. The molecule has 100 valence electrons. The van der Waals surface area contributed by atoms with Crippen LogP contribution in [0.15, 0.2) is 36.8 Å². The van der Waals surface area contributed by atoms with E-state index in [1.165, 1.54) is 12.5 Å². The number of nitrogens with zero attached hydrogens (tertiary/aromatic N) is 4. The van der Waals surface area contributed by atoms with Crippen molar-refractivity contribution >= 4 is 22.8 Å². The number of rotatable bonds is 2. The Morgan fingerprint density at radius 2 is 2.15 bits per heavy atom. The van der Waals surface area contributed by atoms with Crippen LogP contribution in [0, 0.1) is 0 Å². The van der Waals surface area contributed by atoms with Crippen molar-refractivity contribution in [3.8, 4) is 5.75 Å². The molecule has 0 fully saturated rings. The molecule has 3 rings (SSSR count). The molecule has 0 unspecified atom stereocenters. The van der Waals surface area contributed by atoms with Gasteiger partial charge in [0.2, 0.25) is 5.95 Å². The SMILES string of the molecule is COc1ccc2ncc(C(=O)n3cnc(N)n3)cc2c1. The maximum atomic E-state index is 12.2. The van der Waals surface area contributed by atoms with Crippen LogP contribution in [-0.2, 0) is 0 Å². The molecule has 0 aliphatic heterocycles. The van der Waals surface area contributed by atoms with Crippen molar-refractivity contribution in [2.45, 2.75) is 0 Å². The number of hydrogen-bond donors (Lipinski definition) is 1. The number of methoxy groups -OCH3 is 1. The smallest absolute Gasteiger partial charge is 0.281 e. The average Bonchev–Trinajstić information content (AvgIpc) is 2.91. The van der Waals surface area contributed by atoms with E-state index < -0.39 is 0 Å². The molecule has 0 aliphatic carbocycles. The van der Waals surface area contributed by atoms with Crippen molar-refractivity contribution in [2.24, 2.45) is 0 Å². The number of benzene rings is 1. The molecule has 7 heteroatoms.